The fraction of sp³-hybridized carbons (Fsp3) is 0.588. The van der Waals surface area contributed by atoms with Crippen LogP contribution in [0, 0.1) is 0 Å². The molecule has 3 heteroatoms. The molecule has 0 bridgehead atoms. The maximum atomic E-state index is 11.9. The van der Waals surface area contributed by atoms with Gasteiger partial charge in [-0.05, 0) is 40.2 Å². The number of hydrogen-bond acceptors (Lipinski definition) is 2. The number of nitrogens with zero attached hydrogens (tertiary/aromatic N) is 1. The number of hydrogen-bond donors (Lipinski definition) is 1. The summed E-state index contributed by atoms with van der Waals surface area (Å²) in [5.41, 5.74) is 1.14. The normalized spacial score (nSPS) is 11.9. The van der Waals surface area contributed by atoms with E-state index < -0.39 is 0 Å². The van der Waals surface area contributed by atoms with Crippen molar-refractivity contribution in [1.29, 1.82) is 0 Å². The minimum absolute atomic E-state index is 0.121. The van der Waals surface area contributed by atoms with Gasteiger partial charge in [-0.2, -0.15) is 0 Å². The first-order valence-corrected chi connectivity index (χ1v) is 7.37. The van der Waals surface area contributed by atoms with Crippen molar-refractivity contribution >= 4 is 5.91 Å². The maximum absolute atomic E-state index is 11.9. The summed E-state index contributed by atoms with van der Waals surface area (Å²) in [7, 11) is 0. The fourth-order valence-corrected chi connectivity index (χ4v) is 2.06. The number of carbonyl (C=O) groups is 1. The zero-order valence-corrected chi connectivity index (χ0v) is 13.4. The molecule has 0 atom stereocenters. The van der Waals surface area contributed by atoms with Gasteiger partial charge in [-0.3, -0.25) is 9.69 Å². The number of rotatable bonds is 6. The lowest BCUT2D eigenvalue weighted by atomic mass is 10.1. The van der Waals surface area contributed by atoms with Gasteiger partial charge in [0.15, 0.2) is 0 Å². The van der Waals surface area contributed by atoms with E-state index in [9.17, 15) is 4.79 Å². The van der Waals surface area contributed by atoms with E-state index in [0.29, 0.717) is 12.5 Å². The first-order valence-electron chi connectivity index (χ1n) is 7.37. The molecule has 3 nitrogen and oxygen atoms in total. The Morgan fingerprint density at radius 2 is 1.80 bits per heavy atom. The molecule has 20 heavy (non-hydrogen) atoms. The van der Waals surface area contributed by atoms with Crippen LogP contribution in [-0.2, 0) is 11.3 Å². The third-order valence-electron chi connectivity index (χ3n) is 3.10. The van der Waals surface area contributed by atoms with E-state index in [1.807, 2.05) is 26.8 Å². The lowest BCUT2D eigenvalue weighted by Crippen LogP contribution is -2.42. The summed E-state index contributed by atoms with van der Waals surface area (Å²) >= 11 is 0. The van der Waals surface area contributed by atoms with Gasteiger partial charge >= 0.3 is 0 Å². The summed E-state index contributed by atoms with van der Waals surface area (Å²) in [6, 6.07) is 10.8. The van der Waals surface area contributed by atoms with Crippen molar-refractivity contribution in [3.05, 3.63) is 35.9 Å². The van der Waals surface area contributed by atoms with Crippen LogP contribution in [0.5, 0.6) is 0 Å². The van der Waals surface area contributed by atoms with E-state index >= 15 is 0 Å². The SMILES string of the molecule is CC(C)N(CCC(=O)NC(C)(C)C)Cc1ccccc1. The standard InChI is InChI=1S/C17H28N2O/c1-14(2)19(13-15-9-7-6-8-10-15)12-11-16(20)18-17(3,4)5/h6-10,14H,11-13H2,1-5H3,(H,18,20). The second-order valence-corrected chi connectivity index (χ2v) is 6.60. The Bertz CT molecular complexity index is 407. The van der Waals surface area contributed by atoms with Gasteiger partial charge in [0.05, 0.1) is 0 Å². The van der Waals surface area contributed by atoms with Crippen molar-refractivity contribution in [3.63, 3.8) is 0 Å². The predicted octanol–water partition coefficient (Wildman–Crippen LogP) is 3.20. The quantitative estimate of drug-likeness (QED) is 0.865. The second kappa shape index (κ2) is 7.44. The van der Waals surface area contributed by atoms with Gasteiger partial charge in [0.1, 0.15) is 0 Å². The highest BCUT2D eigenvalue weighted by molar-refractivity contribution is 5.76. The van der Waals surface area contributed by atoms with Gasteiger partial charge in [0.25, 0.3) is 0 Å². The zero-order chi connectivity index (χ0) is 15.2. The molecule has 1 N–H and O–H groups in total. The average molecular weight is 276 g/mol. The summed E-state index contributed by atoms with van der Waals surface area (Å²) in [6.45, 7) is 12.0. The first-order chi connectivity index (χ1) is 9.28. The van der Waals surface area contributed by atoms with Gasteiger partial charge in [-0.1, -0.05) is 30.3 Å². The van der Waals surface area contributed by atoms with Gasteiger partial charge in [0, 0.05) is 31.1 Å². The molecule has 0 unspecified atom stereocenters. The molecule has 0 aromatic heterocycles. The van der Waals surface area contributed by atoms with Crippen LogP contribution in [-0.4, -0.2) is 28.9 Å². The Morgan fingerprint density at radius 3 is 2.30 bits per heavy atom. The van der Waals surface area contributed by atoms with Crippen molar-refractivity contribution < 1.29 is 4.79 Å². The molecule has 1 aromatic rings. The maximum Gasteiger partial charge on any atom is 0.221 e. The minimum Gasteiger partial charge on any atom is -0.351 e. The molecule has 0 fully saturated rings. The average Bonchev–Trinajstić information content (AvgIpc) is 2.33. The molecule has 0 radical (unpaired) electrons. The van der Waals surface area contributed by atoms with Crippen LogP contribution < -0.4 is 5.32 Å². The van der Waals surface area contributed by atoms with E-state index in [-0.39, 0.29) is 11.4 Å². The van der Waals surface area contributed by atoms with Crippen LogP contribution in [0.15, 0.2) is 30.3 Å². The fourth-order valence-electron chi connectivity index (χ4n) is 2.06. The van der Waals surface area contributed by atoms with Crippen LogP contribution in [0.25, 0.3) is 0 Å². The number of nitrogens with one attached hydrogen (secondary N) is 1. The summed E-state index contributed by atoms with van der Waals surface area (Å²) < 4.78 is 0. The van der Waals surface area contributed by atoms with Crippen molar-refractivity contribution in [3.8, 4) is 0 Å². The van der Waals surface area contributed by atoms with Crippen molar-refractivity contribution in [2.24, 2.45) is 0 Å². The molecular formula is C17H28N2O. The van der Waals surface area contributed by atoms with Gasteiger partial charge < -0.3 is 5.32 Å². The molecule has 0 aliphatic rings. The first kappa shape index (κ1) is 16.7. The lowest BCUT2D eigenvalue weighted by molar-refractivity contribution is -0.122. The van der Waals surface area contributed by atoms with E-state index in [4.69, 9.17) is 0 Å². The summed E-state index contributed by atoms with van der Waals surface area (Å²) in [5.74, 6) is 0.121. The third kappa shape index (κ3) is 6.71. The molecule has 1 amide bonds. The Morgan fingerprint density at radius 1 is 1.20 bits per heavy atom. The Balaban J connectivity index is 2.50. The number of amides is 1. The van der Waals surface area contributed by atoms with Crippen LogP contribution >= 0.6 is 0 Å². The van der Waals surface area contributed by atoms with E-state index in [1.54, 1.807) is 0 Å². The van der Waals surface area contributed by atoms with E-state index in [1.165, 1.54) is 5.56 Å². The molecule has 0 heterocycles. The van der Waals surface area contributed by atoms with Crippen LogP contribution in [0.2, 0.25) is 0 Å². The highest BCUT2D eigenvalue weighted by Crippen LogP contribution is 2.09. The third-order valence-corrected chi connectivity index (χ3v) is 3.10. The van der Waals surface area contributed by atoms with Crippen molar-refractivity contribution in [2.45, 2.75) is 59.2 Å². The topological polar surface area (TPSA) is 32.3 Å². The zero-order valence-electron chi connectivity index (χ0n) is 13.4. The molecular weight excluding hydrogens is 248 g/mol. The lowest BCUT2D eigenvalue weighted by Gasteiger charge is -2.27. The highest BCUT2D eigenvalue weighted by Gasteiger charge is 2.16. The van der Waals surface area contributed by atoms with Crippen molar-refractivity contribution in [2.75, 3.05) is 6.54 Å². The van der Waals surface area contributed by atoms with Crippen LogP contribution in [0.3, 0.4) is 0 Å². The molecule has 0 aliphatic carbocycles. The Hall–Kier alpha value is -1.35. The molecule has 0 saturated carbocycles. The van der Waals surface area contributed by atoms with Gasteiger partial charge in [0.2, 0.25) is 5.91 Å². The molecule has 112 valence electrons. The molecule has 0 aliphatic heterocycles. The molecule has 1 rings (SSSR count). The molecule has 0 spiro atoms. The smallest absolute Gasteiger partial charge is 0.221 e. The van der Waals surface area contributed by atoms with Crippen molar-refractivity contribution in [1.82, 2.24) is 10.2 Å². The second-order valence-electron chi connectivity index (χ2n) is 6.60. The van der Waals surface area contributed by atoms with Gasteiger partial charge in [-0.25, -0.2) is 0 Å². The van der Waals surface area contributed by atoms with Gasteiger partial charge in [-0.15, -0.1) is 0 Å². The molecule has 1 aromatic carbocycles. The Kier molecular flexibility index (Phi) is 6.21. The highest BCUT2D eigenvalue weighted by atomic mass is 16.1. The van der Waals surface area contributed by atoms with E-state index in [0.717, 1.165) is 13.1 Å². The van der Waals surface area contributed by atoms with Crippen LogP contribution in [0.4, 0.5) is 0 Å². The van der Waals surface area contributed by atoms with Crippen LogP contribution in [0.1, 0.15) is 46.6 Å². The Labute approximate surface area is 123 Å². The number of benzene rings is 1. The summed E-state index contributed by atoms with van der Waals surface area (Å²) in [4.78, 5) is 14.2. The summed E-state index contributed by atoms with van der Waals surface area (Å²) in [6.07, 6.45) is 0.544. The minimum atomic E-state index is -0.154. The predicted molar refractivity (Wildman–Crippen MR) is 84.5 cm³/mol. The number of carbonyl (C=O) groups excluding carboxylic acids is 1. The monoisotopic (exact) mass is 276 g/mol. The van der Waals surface area contributed by atoms with E-state index in [2.05, 4.69) is 48.3 Å². The molecule has 0 saturated heterocycles. The summed E-state index contributed by atoms with van der Waals surface area (Å²) in [5, 5.41) is 3.01. The largest absolute Gasteiger partial charge is 0.351 e.